The van der Waals surface area contributed by atoms with Crippen LogP contribution < -0.4 is 10.1 Å². The highest BCUT2D eigenvalue weighted by atomic mass is 35.5. The molecule has 0 bridgehead atoms. The van der Waals surface area contributed by atoms with E-state index >= 15 is 0 Å². The maximum atomic E-state index is 11.9. The van der Waals surface area contributed by atoms with E-state index in [9.17, 15) is 4.79 Å². The number of rotatable bonds is 7. The van der Waals surface area contributed by atoms with Gasteiger partial charge >= 0.3 is 0 Å². The molecule has 0 radical (unpaired) electrons. The minimum atomic E-state index is -0.546. The zero-order chi connectivity index (χ0) is 15.1. The molecular formula is C16H18ClNO3. The molecular weight excluding hydrogens is 290 g/mol. The normalized spacial score (nSPS) is 11.9. The van der Waals surface area contributed by atoms with E-state index in [0.29, 0.717) is 17.3 Å². The molecule has 2 rings (SSSR count). The Balaban J connectivity index is 1.68. The lowest BCUT2D eigenvalue weighted by Gasteiger charge is -2.14. The number of amides is 1. The topological polar surface area (TPSA) is 51.5 Å². The van der Waals surface area contributed by atoms with Crippen LogP contribution in [-0.4, -0.2) is 18.6 Å². The third-order valence-corrected chi connectivity index (χ3v) is 3.23. The van der Waals surface area contributed by atoms with Gasteiger partial charge in [0.1, 0.15) is 11.5 Å². The SMILES string of the molecule is CC(Oc1ccc(Cl)cc1)C(=O)NCCCc1ccco1. The Morgan fingerprint density at radius 1 is 1.33 bits per heavy atom. The molecule has 1 heterocycles. The van der Waals surface area contributed by atoms with Crippen LogP contribution in [0.2, 0.25) is 5.02 Å². The smallest absolute Gasteiger partial charge is 0.260 e. The third kappa shape index (κ3) is 5.16. The van der Waals surface area contributed by atoms with Gasteiger partial charge in [-0.25, -0.2) is 0 Å². The van der Waals surface area contributed by atoms with Crippen molar-refractivity contribution >= 4 is 17.5 Å². The molecule has 0 spiro atoms. The maximum absolute atomic E-state index is 11.9. The van der Waals surface area contributed by atoms with E-state index in [1.807, 2.05) is 12.1 Å². The Kier molecular flexibility index (Phi) is 5.69. The molecule has 112 valence electrons. The number of benzene rings is 1. The van der Waals surface area contributed by atoms with Crippen LogP contribution in [0.5, 0.6) is 5.75 Å². The summed E-state index contributed by atoms with van der Waals surface area (Å²) in [5, 5.41) is 3.48. The van der Waals surface area contributed by atoms with Crippen molar-refractivity contribution in [2.45, 2.75) is 25.9 Å². The number of nitrogens with one attached hydrogen (secondary N) is 1. The van der Waals surface area contributed by atoms with Crippen LogP contribution >= 0.6 is 11.6 Å². The molecule has 1 atom stereocenters. The van der Waals surface area contributed by atoms with Crippen LogP contribution in [0.4, 0.5) is 0 Å². The highest BCUT2D eigenvalue weighted by Crippen LogP contribution is 2.16. The van der Waals surface area contributed by atoms with Gasteiger partial charge in [0.15, 0.2) is 6.10 Å². The molecule has 1 aromatic heterocycles. The predicted molar refractivity (Wildman–Crippen MR) is 81.6 cm³/mol. The van der Waals surface area contributed by atoms with Crippen molar-refractivity contribution in [3.05, 3.63) is 53.4 Å². The molecule has 21 heavy (non-hydrogen) atoms. The highest BCUT2D eigenvalue weighted by Gasteiger charge is 2.13. The minimum Gasteiger partial charge on any atom is -0.481 e. The first-order valence-corrected chi connectivity index (χ1v) is 7.25. The van der Waals surface area contributed by atoms with Gasteiger partial charge in [0.05, 0.1) is 6.26 Å². The molecule has 0 aliphatic carbocycles. The number of furan rings is 1. The van der Waals surface area contributed by atoms with E-state index < -0.39 is 6.10 Å². The fourth-order valence-corrected chi connectivity index (χ4v) is 1.97. The zero-order valence-electron chi connectivity index (χ0n) is 11.8. The summed E-state index contributed by atoms with van der Waals surface area (Å²) in [5.74, 6) is 1.41. The molecule has 5 heteroatoms. The molecule has 1 unspecified atom stereocenters. The van der Waals surface area contributed by atoms with E-state index in [2.05, 4.69) is 5.32 Å². The molecule has 0 fully saturated rings. The van der Waals surface area contributed by atoms with E-state index in [1.54, 1.807) is 37.5 Å². The Bertz CT molecular complexity index is 551. The standard InChI is InChI=1S/C16H18ClNO3/c1-12(21-15-8-6-13(17)7-9-15)16(19)18-10-2-4-14-5-3-11-20-14/h3,5-9,11-12H,2,4,10H2,1H3,(H,18,19). The summed E-state index contributed by atoms with van der Waals surface area (Å²) >= 11 is 5.80. The summed E-state index contributed by atoms with van der Waals surface area (Å²) in [6.45, 7) is 2.31. The van der Waals surface area contributed by atoms with Crippen molar-refractivity contribution in [2.24, 2.45) is 0 Å². The first kappa shape index (κ1) is 15.4. The van der Waals surface area contributed by atoms with Gasteiger partial charge in [-0.1, -0.05) is 11.6 Å². The van der Waals surface area contributed by atoms with Gasteiger partial charge in [-0.3, -0.25) is 4.79 Å². The van der Waals surface area contributed by atoms with E-state index in [-0.39, 0.29) is 5.91 Å². The van der Waals surface area contributed by atoms with E-state index in [4.69, 9.17) is 20.8 Å². The van der Waals surface area contributed by atoms with E-state index in [0.717, 1.165) is 18.6 Å². The monoisotopic (exact) mass is 307 g/mol. The third-order valence-electron chi connectivity index (χ3n) is 2.98. The molecule has 4 nitrogen and oxygen atoms in total. The minimum absolute atomic E-state index is 0.135. The lowest BCUT2D eigenvalue weighted by atomic mass is 10.2. The van der Waals surface area contributed by atoms with E-state index in [1.165, 1.54) is 0 Å². The second kappa shape index (κ2) is 7.74. The van der Waals surface area contributed by atoms with Crippen LogP contribution in [-0.2, 0) is 11.2 Å². The fraction of sp³-hybridized carbons (Fsp3) is 0.312. The lowest BCUT2D eigenvalue weighted by Crippen LogP contribution is -2.36. The second-order valence-electron chi connectivity index (χ2n) is 4.69. The van der Waals surface area contributed by atoms with Crippen molar-refractivity contribution in [3.63, 3.8) is 0 Å². The first-order valence-electron chi connectivity index (χ1n) is 6.87. The Hall–Kier alpha value is -1.94. The molecule has 0 saturated carbocycles. The van der Waals surface area contributed by atoms with Crippen molar-refractivity contribution in [1.29, 1.82) is 0 Å². The summed E-state index contributed by atoms with van der Waals surface area (Å²) in [5.41, 5.74) is 0. The lowest BCUT2D eigenvalue weighted by molar-refractivity contribution is -0.127. The number of hydrogen-bond donors (Lipinski definition) is 1. The van der Waals surface area contributed by atoms with Crippen LogP contribution in [0.25, 0.3) is 0 Å². The molecule has 1 N–H and O–H groups in total. The first-order chi connectivity index (χ1) is 10.1. The molecule has 1 aromatic carbocycles. The molecule has 1 amide bonds. The Labute approximate surface area is 129 Å². The molecule has 0 aliphatic heterocycles. The van der Waals surface area contributed by atoms with Gasteiger partial charge in [0, 0.05) is 18.0 Å². The Morgan fingerprint density at radius 3 is 2.76 bits per heavy atom. The molecule has 0 aliphatic rings. The predicted octanol–water partition coefficient (Wildman–Crippen LogP) is 3.45. The van der Waals surface area contributed by atoms with Crippen molar-refractivity contribution in [1.82, 2.24) is 5.32 Å². The largest absolute Gasteiger partial charge is 0.481 e. The zero-order valence-corrected chi connectivity index (χ0v) is 12.6. The van der Waals surface area contributed by atoms with Gasteiger partial charge < -0.3 is 14.5 Å². The van der Waals surface area contributed by atoms with Gasteiger partial charge in [-0.15, -0.1) is 0 Å². The summed E-state index contributed by atoms with van der Waals surface area (Å²) in [4.78, 5) is 11.9. The number of carbonyl (C=O) groups excluding carboxylic acids is 1. The second-order valence-corrected chi connectivity index (χ2v) is 5.12. The number of aryl methyl sites for hydroxylation is 1. The van der Waals surface area contributed by atoms with Crippen LogP contribution in [0.1, 0.15) is 19.1 Å². The highest BCUT2D eigenvalue weighted by molar-refractivity contribution is 6.30. The molecule has 2 aromatic rings. The van der Waals surface area contributed by atoms with Crippen LogP contribution in [0.15, 0.2) is 47.1 Å². The number of halogens is 1. The van der Waals surface area contributed by atoms with Crippen molar-refractivity contribution in [2.75, 3.05) is 6.54 Å². The number of hydrogen-bond acceptors (Lipinski definition) is 3. The maximum Gasteiger partial charge on any atom is 0.260 e. The van der Waals surface area contributed by atoms with Gasteiger partial charge in [0.2, 0.25) is 0 Å². The van der Waals surface area contributed by atoms with Gasteiger partial charge in [0.25, 0.3) is 5.91 Å². The summed E-state index contributed by atoms with van der Waals surface area (Å²) in [7, 11) is 0. The number of ether oxygens (including phenoxy) is 1. The van der Waals surface area contributed by atoms with Crippen LogP contribution in [0, 0.1) is 0 Å². The summed E-state index contributed by atoms with van der Waals surface area (Å²) in [6, 6.07) is 10.7. The van der Waals surface area contributed by atoms with Crippen molar-refractivity contribution in [3.8, 4) is 5.75 Å². The Morgan fingerprint density at radius 2 is 2.10 bits per heavy atom. The van der Waals surface area contributed by atoms with Crippen molar-refractivity contribution < 1.29 is 13.9 Å². The average Bonchev–Trinajstić information content (AvgIpc) is 2.99. The quantitative estimate of drug-likeness (QED) is 0.797. The fourth-order valence-electron chi connectivity index (χ4n) is 1.84. The summed E-state index contributed by atoms with van der Waals surface area (Å²) in [6.07, 6.45) is 2.73. The van der Waals surface area contributed by atoms with Gasteiger partial charge in [-0.2, -0.15) is 0 Å². The van der Waals surface area contributed by atoms with Crippen LogP contribution in [0.3, 0.4) is 0 Å². The summed E-state index contributed by atoms with van der Waals surface area (Å²) < 4.78 is 10.8. The number of carbonyl (C=O) groups is 1. The molecule has 0 saturated heterocycles. The van der Waals surface area contributed by atoms with Gasteiger partial charge in [-0.05, 0) is 49.7 Å². The average molecular weight is 308 g/mol.